The van der Waals surface area contributed by atoms with Gasteiger partial charge in [-0.1, -0.05) is 61.5 Å². The second-order valence-electron chi connectivity index (χ2n) is 30.4. The minimum Gasteiger partial charge on any atom is -0.479 e. The standard InChI is InChI=1S/C65H102O29/c1-13-15-36(69)87-35-23-63(12)62(11)20-16-31-60(8,9)34(18-19-61(31,10)32(62)17-21-64(63)33-22-59(6,7)50(84-28(5)68)51(65(33,35)58(82)94-64)93-53(81)26(3)14-2)88-57-49(92-55-44(77)41(74)38(71)29(24-66)85-55)46(45(78)47(90-57)52(79)80)89-56-48(42(75)39(72)30(25-67)86-56)91-54-43(76)40(73)37(70)27(4)83-54/h14,27,29-35,37-51,54-58,66-67,70-78,82H,13,15-25H2,1-12H3,(H,79,80)/b26-14-/t27-,29+,30+,31-,32+,33-,34-,35+,37-,38-,39-,40+,41-,42-,43+,44+,45-,46-,47-,48+,49+,50-,51-,54-,55-,56-,57+,58-,61-,62+,63-,64-,65+/m0/s1. The molecule has 1 spiro atoms. The van der Waals surface area contributed by atoms with Crippen molar-refractivity contribution in [2.24, 2.45) is 50.2 Å². The molecule has 0 aromatic heterocycles. The van der Waals surface area contributed by atoms with Crippen LogP contribution in [0.25, 0.3) is 0 Å². The van der Waals surface area contributed by atoms with Gasteiger partial charge in [0.2, 0.25) is 0 Å². The lowest BCUT2D eigenvalue weighted by Crippen LogP contribution is -2.77. The number of allylic oxidation sites excluding steroid dienone is 1. The maximum atomic E-state index is 14.1. The number of carboxylic acid groups (broad SMARTS) is 1. The van der Waals surface area contributed by atoms with Crippen LogP contribution in [0, 0.1) is 50.2 Å². The van der Waals surface area contributed by atoms with Gasteiger partial charge in [0.25, 0.3) is 0 Å². The molecule has 29 heteroatoms. The number of fused-ring (bicyclic) bond motifs is 4. The third-order valence-corrected chi connectivity index (χ3v) is 24.7. The number of carbonyl (C=O) groups is 4. The van der Waals surface area contributed by atoms with E-state index in [-0.39, 0.29) is 36.7 Å². The maximum Gasteiger partial charge on any atom is 0.335 e. The van der Waals surface area contributed by atoms with Crippen LogP contribution in [0.4, 0.5) is 0 Å². The number of ether oxygens (including phenoxy) is 12. The molecule has 0 aromatic carbocycles. The molecule has 10 rings (SSSR count). The first-order chi connectivity index (χ1) is 43.9. The van der Waals surface area contributed by atoms with E-state index in [1.165, 1.54) is 13.8 Å². The number of rotatable bonds is 17. The summed E-state index contributed by atoms with van der Waals surface area (Å²) in [6.07, 6.45) is -39.0. The fourth-order valence-corrected chi connectivity index (χ4v) is 19.6. The van der Waals surface area contributed by atoms with Crippen molar-refractivity contribution in [3.63, 3.8) is 0 Å². The Balaban J connectivity index is 1.00. The quantitative estimate of drug-likeness (QED) is 0.0377. The number of esters is 3. The Morgan fingerprint density at radius 2 is 1.14 bits per heavy atom. The van der Waals surface area contributed by atoms with E-state index in [9.17, 15) is 85.6 Å². The van der Waals surface area contributed by atoms with Crippen molar-refractivity contribution in [2.75, 3.05) is 13.2 Å². The van der Waals surface area contributed by atoms with Crippen LogP contribution in [0.15, 0.2) is 11.6 Å². The van der Waals surface area contributed by atoms with Crippen LogP contribution in [0.1, 0.15) is 147 Å². The smallest absolute Gasteiger partial charge is 0.335 e. The normalized spacial score (nSPS) is 51.2. The lowest BCUT2D eigenvalue weighted by molar-refractivity contribution is -0.406. The molecule has 13 N–H and O–H groups in total. The van der Waals surface area contributed by atoms with Gasteiger partial charge in [0.1, 0.15) is 103 Å². The number of aliphatic hydroxyl groups excluding tert-OH is 12. The van der Waals surface area contributed by atoms with Gasteiger partial charge in [0, 0.05) is 35.7 Å². The van der Waals surface area contributed by atoms with Gasteiger partial charge in [0.15, 0.2) is 43.7 Å². The highest BCUT2D eigenvalue weighted by atomic mass is 16.8. The Morgan fingerprint density at radius 1 is 0.564 bits per heavy atom. The fraction of sp³-hybridized carbons (Fsp3) is 0.908. The highest BCUT2D eigenvalue weighted by Crippen LogP contribution is 2.82. The number of hydrogen-bond donors (Lipinski definition) is 13. The molecular weight excluding hydrogens is 1240 g/mol. The van der Waals surface area contributed by atoms with E-state index < -0.39 is 235 Å². The molecule has 0 radical (unpaired) electrons. The first-order valence-electron chi connectivity index (χ1n) is 33.3. The van der Waals surface area contributed by atoms with Crippen molar-refractivity contribution < 1.29 is 142 Å². The van der Waals surface area contributed by atoms with E-state index in [1.54, 1.807) is 19.9 Å². The fourth-order valence-electron chi connectivity index (χ4n) is 19.6. The van der Waals surface area contributed by atoms with Crippen LogP contribution in [0.3, 0.4) is 0 Å². The Bertz CT molecular complexity index is 2780. The Morgan fingerprint density at radius 3 is 1.74 bits per heavy atom. The van der Waals surface area contributed by atoms with Crippen molar-refractivity contribution in [2.45, 2.75) is 306 Å². The molecule has 5 saturated carbocycles. The van der Waals surface area contributed by atoms with Crippen LogP contribution in [-0.4, -0.2) is 263 Å². The predicted molar refractivity (Wildman–Crippen MR) is 317 cm³/mol. The van der Waals surface area contributed by atoms with Crippen LogP contribution >= 0.6 is 0 Å². The minimum absolute atomic E-state index is 0.0538. The van der Waals surface area contributed by atoms with Crippen molar-refractivity contribution >= 4 is 23.9 Å². The number of carboxylic acids is 1. The number of aliphatic hydroxyl groups is 12. The van der Waals surface area contributed by atoms with Crippen molar-refractivity contribution in [1.29, 1.82) is 0 Å². The second kappa shape index (κ2) is 26.7. The summed E-state index contributed by atoms with van der Waals surface area (Å²) in [6, 6.07) is 0. The van der Waals surface area contributed by atoms with Crippen LogP contribution < -0.4 is 0 Å². The molecule has 2 bridgehead atoms. The monoisotopic (exact) mass is 1350 g/mol. The summed E-state index contributed by atoms with van der Waals surface area (Å²) < 4.78 is 76.0. The number of aliphatic carboxylic acids is 1. The molecule has 94 heavy (non-hydrogen) atoms. The SMILES string of the molecule is C/C=C(/C)C(=O)O[C@H]1[C@H](OC(C)=O)C(C)(C)C[C@@H]2[C@]13[C@@H](O)O[C@@]21CC[C@@H]2[C@@]4(C)CC[C@H](O[C@@H]5O[C@H](C(=O)O)[C@@H](O)[C@H](O[C@@H]6O[C@H](CO)[C@H](O)[C@H](O)[C@H]6O[C@@H]6O[C@@H](C)[C@H](O)[C@@H](O)[C@H]6O)[C@H]5O[C@@H]5O[C@H](CO)[C@H](O)[C@H](O)[C@H]5O)C(C)(C)[C@@H]4CC[C@@]2(C)[C@]1(C)C[C@H]3OC(=O)CCC. The molecule has 5 aliphatic carbocycles. The van der Waals surface area contributed by atoms with E-state index in [0.717, 1.165) is 0 Å². The van der Waals surface area contributed by atoms with Gasteiger partial charge < -0.3 is 123 Å². The summed E-state index contributed by atoms with van der Waals surface area (Å²) in [5.41, 5.74) is -6.21. The summed E-state index contributed by atoms with van der Waals surface area (Å²) in [6.45, 7) is 20.5. The summed E-state index contributed by atoms with van der Waals surface area (Å²) >= 11 is 0. The zero-order valence-corrected chi connectivity index (χ0v) is 55.6. The zero-order valence-electron chi connectivity index (χ0n) is 55.6. The highest BCUT2D eigenvalue weighted by molar-refractivity contribution is 5.88. The van der Waals surface area contributed by atoms with Gasteiger partial charge in [-0.15, -0.1) is 0 Å². The Hall–Kier alpha value is -3.22. The van der Waals surface area contributed by atoms with E-state index in [1.807, 2.05) is 34.6 Å². The first kappa shape index (κ1) is 73.5. The van der Waals surface area contributed by atoms with Gasteiger partial charge in [-0.2, -0.15) is 0 Å². The lowest BCUT2D eigenvalue weighted by atomic mass is 9.30. The molecule has 10 fully saturated rings. The first-order valence-corrected chi connectivity index (χ1v) is 33.3. The predicted octanol–water partition coefficient (Wildman–Crippen LogP) is -0.532. The lowest BCUT2D eigenvalue weighted by Gasteiger charge is -2.75. The number of hydrogen-bond acceptors (Lipinski definition) is 28. The third-order valence-electron chi connectivity index (χ3n) is 24.7. The summed E-state index contributed by atoms with van der Waals surface area (Å²) in [5, 5.41) is 145. The van der Waals surface area contributed by atoms with Crippen molar-refractivity contribution in [3.05, 3.63) is 11.6 Å². The molecule has 5 saturated heterocycles. The zero-order chi connectivity index (χ0) is 69.2. The van der Waals surface area contributed by atoms with Crippen molar-refractivity contribution in [3.8, 4) is 0 Å². The summed E-state index contributed by atoms with van der Waals surface area (Å²) in [7, 11) is 0. The van der Waals surface area contributed by atoms with E-state index >= 15 is 0 Å². The van der Waals surface area contributed by atoms with Crippen LogP contribution in [-0.2, 0) is 76.0 Å². The highest BCUT2D eigenvalue weighted by Gasteiger charge is 2.86. The van der Waals surface area contributed by atoms with E-state index in [2.05, 4.69) is 20.8 Å². The largest absolute Gasteiger partial charge is 0.479 e. The van der Waals surface area contributed by atoms with Gasteiger partial charge in [-0.25, -0.2) is 9.59 Å². The van der Waals surface area contributed by atoms with Gasteiger partial charge in [0.05, 0.1) is 31.0 Å². The molecule has 0 aromatic rings. The second-order valence-corrected chi connectivity index (χ2v) is 30.4. The minimum atomic E-state index is -2.31. The molecule has 5 aliphatic heterocycles. The molecule has 536 valence electrons. The molecule has 5 heterocycles. The maximum absolute atomic E-state index is 14.1. The summed E-state index contributed by atoms with van der Waals surface area (Å²) in [4.78, 5) is 54.7. The van der Waals surface area contributed by atoms with Crippen LogP contribution in [0.2, 0.25) is 0 Å². The third kappa shape index (κ3) is 11.6. The van der Waals surface area contributed by atoms with Crippen molar-refractivity contribution in [1.82, 2.24) is 0 Å². The topological polar surface area (TPSA) is 442 Å². The molecule has 29 nitrogen and oxygen atoms in total. The summed E-state index contributed by atoms with van der Waals surface area (Å²) in [5.74, 6) is -4.48. The molecule has 0 amide bonds. The molecule has 33 atom stereocenters. The Kier molecular flexibility index (Phi) is 20.9. The van der Waals surface area contributed by atoms with Gasteiger partial charge >= 0.3 is 23.9 Å². The number of carbonyl (C=O) groups excluding carboxylic acids is 3. The molecule has 10 aliphatic rings. The Labute approximate surface area is 546 Å². The van der Waals surface area contributed by atoms with E-state index in [4.69, 9.17) is 56.8 Å². The average Bonchev–Trinajstić information content (AvgIpc) is 1.37. The van der Waals surface area contributed by atoms with Gasteiger partial charge in [-0.05, 0) is 107 Å². The molecule has 0 unspecified atom stereocenters. The molecular formula is C65H102O29. The average molecular weight is 1350 g/mol. The van der Waals surface area contributed by atoms with Gasteiger partial charge in [-0.3, -0.25) is 9.59 Å². The van der Waals surface area contributed by atoms with Crippen LogP contribution in [0.5, 0.6) is 0 Å². The van der Waals surface area contributed by atoms with E-state index in [0.29, 0.717) is 44.9 Å².